The molecule has 0 radical (unpaired) electrons. The summed E-state index contributed by atoms with van der Waals surface area (Å²) in [4.78, 5) is 0. The van der Waals surface area contributed by atoms with E-state index in [4.69, 9.17) is 4.74 Å². The van der Waals surface area contributed by atoms with Crippen LogP contribution in [-0.2, 0) is 10.9 Å². The SMILES string of the molecule is FC(F)(F)c1ccccc1C1CNC2(CCCCC2)CO1. The fourth-order valence-corrected chi connectivity index (χ4v) is 3.46. The zero-order valence-corrected chi connectivity index (χ0v) is 11.9. The fourth-order valence-electron chi connectivity index (χ4n) is 3.46. The highest BCUT2D eigenvalue weighted by Crippen LogP contribution is 2.38. The lowest BCUT2D eigenvalue weighted by atomic mass is 9.81. The lowest BCUT2D eigenvalue weighted by molar-refractivity contribution is -0.140. The van der Waals surface area contributed by atoms with E-state index in [1.807, 2.05) is 0 Å². The highest BCUT2D eigenvalue weighted by molar-refractivity contribution is 5.32. The molecule has 1 spiro atoms. The number of nitrogens with one attached hydrogen (secondary N) is 1. The summed E-state index contributed by atoms with van der Waals surface area (Å²) < 4.78 is 45.1. The van der Waals surface area contributed by atoms with Crippen LogP contribution in [0, 0.1) is 0 Å². The van der Waals surface area contributed by atoms with Gasteiger partial charge in [0, 0.05) is 12.1 Å². The Morgan fingerprint density at radius 3 is 2.43 bits per heavy atom. The summed E-state index contributed by atoms with van der Waals surface area (Å²) in [5, 5.41) is 3.47. The Labute approximate surface area is 122 Å². The van der Waals surface area contributed by atoms with Crippen LogP contribution < -0.4 is 5.32 Å². The van der Waals surface area contributed by atoms with E-state index in [1.165, 1.54) is 31.4 Å². The maximum absolute atomic E-state index is 13.1. The predicted molar refractivity (Wildman–Crippen MR) is 74.0 cm³/mol. The van der Waals surface area contributed by atoms with E-state index in [0.29, 0.717) is 13.2 Å². The van der Waals surface area contributed by atoms with E-state index in [0.717, 1.165) is 18.9 Å². The molecule has 1 aromatic carbocycles. The largest absolute Gasteiger partial charge is 0.416 e. The third kappa shape index (κ3) is 3.09. The van der Waals surface area contributed by atoms with Gasteiger partial charge in [0.1, 0.15) is 0 Å². The number of halogens is 3. The number of rotatable bonds is 1. The zero-order valence-electron chi connectivity index (χ0n) is 11.9. The monoisotopic (exact) mass is 299 g/mol. The van der Waals surface area contributed by atoms with E-state index in [2.05, 4.69) is 5.32 Å². The van der Waals surface area contributed by atoms with Gasteiger partial charge in [0.25, 0.3) is 0 Å². The molecule has 1 aliphatic heterocycles. The van der Waals surface area contributed by atoms with Gasteiger partial charge in [-0.1, -0.05) is 37.5 Å². The molecule has 21 heavy (non-hydrogen) atoms. The molecule has 1 N–H and O–H groups in total. The van der Waals surface area contributed by atoms with Crippen molar-refractivity contribution in [3.05, 3.63) is 35.4 Å². The Balaban J connectivity index is 1.75. The Morgan fingerprint density at radius 2 is 1.81 bits per heavy atom. The lowest BCUT2D eigenvalue weighted by Crippen LogP contribution is -2.56. The van der Waals surface area contributed by atoms with Crippen molar-refractivity contribution in [2.75, 3.05) is 13.2 Å². The quantitative estimate of drug-likeness (QED) is 0.844. The van der Waals surface area contributed by atoms with Gasteiger partial charge in [-0.25, -0.2) is 0 Å². The van der Waals surface area contributed by atoms with E-state index in [1.54, 1.807) is 6.07 Å². The lowest BCUT2D eigenvalue weighted by Gasteiger charge is -2.44. The van der Waals surface area contributed by atoms with Crippen LogP contribution in [0.25, 0.3) is 0 Å². The Hall–Kier alpha value is -1.07. The summed E-state index contributed by atoms with van der Waals surface area (Å²) in [7, 11) is 0. The minimum absolute atomic E-state index is 0.0120. The number of hydrogen-bond donors (Lipinski definition) is 1. The molecule has 1 atom stereocenters. The van der Waals surface area contributed by atoms with Crippen molar-refractivity contribution in [1.82, 2.24) is 5.32 Å². The molecule has 1 aromatic rings. The number of benzene rings is 1. The molecule has 1 aliphatic carbocycles. The first-order valence-electron chi connectivity index (χ1n) is 7.53. The molecule has 2 aliphatic rings. The second kappa shape index (κ2) is 5.61. The first-order chi connectivity index (χ1) is 10.0. The number of morpholine rings is 1. The van der Waals surface area contributed by atoms with Gasteiger partial charge in [-0.2, -0.15) is 13.2 Å². The maximum Gasteiger partial charge on any atom is 0.416 e. The Bertz CT molecular complexity index is 485. The number of ether oxygens (including phenoxy) is 1. The van der Waals surface area contributed by atoms with Gasteiger partial charge in [0.15, 0.2) is 0 Å². The highest BCUT2D eigenvalue weighted by atomic mass is 19.4. The predicted octanol–water partition coefficient (Wildman–Crippen LogP) is 4.07. The van der Waals surface area contributed by atoms with Gasteiger partial charge in [-0.3, -0.25) is 0 Å². The molecule has 1 saturated carbocycles. The van der Waals surface area contributed by atoms with Crippen LogP contribution in [0.5, 0.6) is 0 Å². The summed E-state index contributed by atoms with van der Waals surface area (Å²) in [6, 6.07) is 5.71. The van der Waals surface area contributed by atoms with E-state index >= 15 is 0 Å². The van der Waals surface area contributed by atoms with Gasteiger partial charge in [-0.05, 0) is 24.5 Å². The number of alkyl halides is 3. The van der Waals surface area contributed by atoms with Crippen molar-refractivity contribution in [3.63, 3.8) is 0 Å². The van der Waals surface area contributed by atoms with Gasteiger partial charge < -0.3 is 10.1 Å². The summed E-state index contributed by atoms with van der Waals surface area (Å²) in [5.41, 5.74) is -0.360. The van der Waals surface area contributed by atoms with Crippen molar-refractivity contribution in [1.29, 1.82) is 0 Å². The molecular weight excluding hydrogens is 279 g/mol. The summed E-state index contributed by atoms with van der Waals surface area (Å²) in [6.07, 6.45) is 0.834. The van der Waals surface area contributed by atoms with Crippen molar-refractivity contribution >= 4 is 0 Å². The minimum atomic E-state index is -4.33. The van der Waals surface area contributed by atoms with Crippen molar-refractivity contribution < 1.29 is 17.9 Å². The van der Waals surface area contributed by atoms with Crippen LogP contribution in [-0.4, -0.2) is 18.7 Å². The third-order valence-electron chi connectivity index (χ3n) is 4.65. The van der Waals surface area contributed by atoms with Crippen molar-refractivity contribution in [3.8, 4) is 0 Å². The maximum atomic E-state index is 13.1. The molecule has 1 unspecified atom stereocenters. The van der Waals surface area contributed by atoms with Crippen molar-refractivity contribution in [2.24, 2.45) is 0 Å². The second-order valence-electron chi connectivity index (χ2n) is 6.11. The molecule has 1 saturated heterocycles. The van der Waals surface area contributed by atoms with Crippen LogP contribution in [0.15, 0.2) is 24.3 Å². The molecule has 0 amide bonds. The first kappa shape index (κ1) is 14.9. The molecule has 3 rings (SSSR count). The topological polar surface area (TPSA) is 21.3 Å². The standard InChI is InChI=1S/C16H20F3NO/c17-16(18,19)13-7-3-2-6-12(13)14-10-20-15(11-21-14)8-4-1-5-9-15/h2-3,6-7,14,20H,1,4-5,8-11H2. The van der Waals surface area contributed by atoms with E-state index in [-0.39, 0.29) is 11.1 Å². The smallest absolute Gasteiger partial charge is 0.370 e. The van der Waals surface area contributed by atoms with E-state index < -0.39 is 17.8 Å². The van der Waals surface area contributed by atoms with Crippen LogP contribution in [0.4, 0.5) is 13.2 Å². The van der Waals surface area contributed by atoms with Gasteiger partial charge in [0.2, 0.25) is 0 Å². The van der Waals surface area contributed by atoms with Crippen LogP contribution in [0.2, 0.25) is 0 Å². The summed E-state index contributed by atoms with van der Waals surface area (Å²) in [6.45, 7) is 0.955. The molecule has 0 aromatic heterocycles. The van der Waals surface area contributed by atoms with E-state index in [9.17, 15) is 13.2 Å². The van der Waals surface area contributed by atoms with Crippen LogP contribution in [0.3, 0.4) is 0 Å². The molecule has 5 heteroatoms. The summed E-state index contributed by atoms with van der Waals surface area (Å²) >= 11 is 0. The molecule has 2 nitrogen and oxygen atoms in total. The van der Waals surface area contributed by atoms with Crippen LogP contribution >= 0.6 is 0 Å². The number of hydrogen-bond acceptors (Lipinski definition) is 2. The first-order valence-corrected chi connectivity index (χ1v) is 7.53. The fraction of sp³-hybridized carbons (Fsp3) is 0.625. The Kier molecular flexibility index (Phi) is 3.97. The van der Waals surface area contributed by atoms with Crippen molar-refractivity contribution in [2.45, 2.75) is 49.9 Å². The molecule has 116 valence electrons. The van der Waals surface area contributed by atoms with Gasteiger partial charge in [0.05, 0.1) is 18.3 Å². The third-order valence-corrected chi connectivity index (χ3v) is 4.65. The van der Waals surface area contributed by atoms with Gasteiger partial charge >= 0.3 is 6.18 Å². The zero-order chi connectivity index (χ0) is 14.9. The Morgan fingerprint density at radius 1 is 1.10 bits per heavy atom. The molecule has 1 heterocycles. The molecular formula is C16H20F3NO. The average Bonchev–Trinajstić information content (AvgIpc) is 2.48. The second-order valence-corrected chi connectivity index (χ2v) is 6.11. The average molecular weight is 299 g/mol. The van der Waals surface area contributed by atoms with Crippen LogP contribution in [0.1, 0.15) is 49.3 Å². The minimum Gasteiger partial charge on any atom is -0.370 e. The molecule has 2 fully saturated rings. The normalized spacial score (nSPS) is 26.0. The summed E-state index contributed by atoms with van der Waals surface area (Å²) in [5.74, 6) is 0. The molecule has 0 bridgehead atoms. The highest BCUT2D eigenvalue weighted by Gasteiger charge is 2.40. The van der Waals surface area contributed by atoms with Gasteiger partial charge in [-0.15, -0.1) is 0 Å².